The third kappa shape index (κ3) is 5.48. The van der Waals surface area contributed by atoms with Crippen LogP contribution >= 0.6 is 0 Å². The fraction of sp³-hybridized carbons (Fsp3) is 0.0769. The van der Waals surface area contributed by atoms with Crippen molar-refractivity contribution >= 4 is 12.0 Å². The lowest BCUT2D eigenvalue weighted by Crippen LogP contribution is -2.38. The van der Waals surface area contributed by atoms with E-state index in [4.69, 9.17) is 4.74 Å². The molecule has 4 nitrogen and oxygen atoms in total. The molecule has 0 fully saturated rings. The summed E-state index contributed by atoms with van der Waals surface area (Å²) in [6.07, 6.45) is 8.56. The number of nitrogens with zero attached hydrogens (tertiary/aromatic N) is 2. The summed E-state index contributed by atoms with van der Waals surface area (Å²) in [6.45, 7) is 0. The number of carbonyl (C=O) groups excluding carboxylic acids is 1. The van der Waals surface area contributed by atoms with Gasteiger partial charge in [0.25, 0.3) is 0 Å². The zero-order valence-electron chi connectivity index (χ0n) is 24.3. The molecule has 1 aromatic heterocycles. The molecule has 216 valence electrons. The summed E-state index contributed by atoms with van der Waals surface area (Å²) in [6, 6.07) is 43.2. The number of methoxy groups -OCH3 is 1. The highest BCUT2D eigenvalue weighted by atomic mass is 19.1. The Morgan fingerprint density at radius 2 is 1.36 bits per heavy atom. The number of hydrogen-bond donors (Lipinski definition) is 0. The molecule has 0 unspecified atom stereocenters. The summed E-state index contributed by atoms with van der Waals surface area (Å²) < 4.78 is 20.9. The van der Waals surface area contributed by atoms with Gasteiger partial charge in [-0.1, -0.05) is 121 Å². The van der Waals surface area contributed by atoms with Crippen molar-refractivity contribution in [2.45, 2.75) is 12.0 Å². The second-order valence-corrected chi connectivity index (χ2v) is 10.5. The number of halogens is 1. The molecule has 0 N–H and O–H groups in total. The van der Waals surface area contributed by atoms with Gasteiger partial charge < -0.3 is 9.30 Å². The van der Waals surface area contributed by atoms with E-state index in [0.717, 1.165) is 33.5 Å². The number of rotatable bonds is 9. The molecule has 5 heteroatoms. The summed E-state index contributed by atoms with van der Waals surface area (Å²) in [5.41, 5.74) is 6.51. The Bertz CT molecular complexity index is 1780. The van der Waals surface area contributed by atoms with Gasteiger partial charge >= 0.3 is 5.97 Å². The van der Waals surface area contributed by atoms with Crippen molar-refractivity contribution < 1.29 is 13.9 Å². The molecule has 6 rings (SSSR count). The van der Waals surface area contributed by atoms with Gasteiger partial charge in [-0.2, -0.15) is 0 Å². The summed E-state index contributed by atoms with van der Waals surface area (Å²) in [5.74, 6) is -0.776. The van der Waals surface area contributed by atoms with Crippen molar-refractivity contribution in [3.8, 4) is 11.1 Å². The van der Waals surface area contributed by atoms with Gasteiger partial charge in [0.1, 0.15) is 11.4 Å². The average Bonchev–Trinajstić information content (AvgIpc) is 3.55. The quantitative estimate of drug-likeness (QED) is 0.128. The normalized spacial score (nSPS) is 11.5. The smallest absolute Gasteiger partial charge is 0.338 e. The molecule has 0 amide bonds. The number of imidazole rings is 1. The Morgan fingerprint density at radius 1 is 0.795 bits per heavy atom. The number of hydrogen-bond acceptors (Lipinski definition) is 3. The lowest BCUT2D eigenvalue weighted by molar-refractivity contribution is 0.0601. The zero-order chi connectivity index (χ0) is 30.4. The predicted molar refractivity (Wildman–Crippen MR) is 173 cm³/mol. The van der Waals surface area contributed by atoms with Crippen molar-refractivity contribution in [1.29, 1.82) is 0 Å². The van der Waals surface area contributed by atoms with E-state index in [-0.39, 0.29) is 5.82 Å². The van der Waals surface area contributed by atoms with Crippen molar-refractivity contribution in [3.05, 3.63) is 191 Å². The largest absolute Gasteiger partial charge is 0.465 e. The van der Waals surface area contributed by atoms with Crippen LogP contribution in [0.1, 0.15) is 38.3 Å². The van der Waals surface area contributed by atoms with Crippen LogP contribution in [0.25, 0.3) is 17.2 Å². The molecule has 0 radical (unpaired) electrons. The molecule has 6 aromatic rings. The first-order valence-corrected chi connectivity index (χ1v) is 14.4. The first-order valence-electron chi connectivity index (χ1n) is 14.4. The van der Waals surface area contributed by atoms with E-state index in [1.807, 2.05) is 48.9 Å². The lowest BCUT2D eigenvalue weighted by atomic mass is 9.76. The predicted octanol–water partition coefficient (Wildman–Crippen LogP) is 8.57. The first-order chi connectivity index (χ1) is 21.6. The van der Waals surface area contributed by atoms with Crippen LogP contribution in [0.15, 0.2) is 152 Å². The average molecular weight is 579 g/mol. The van der Waals surface area contributed by atoms with Gasteiger partial charge in [0.2, 0.25) is 0 Å². The minimum Gasteiger partial charge on any atom is -0.465 e. The number of ether oxygens (including phenoxy) is 1. The molecule has 5 aromatic carbocycles. The molecule has 0 atom stereocenters. The van der Waals surface area contributed by atoms with Crippen LogP contribution in [0.2, 0.25) is 0 Å². The standard InChI is InChI=1S/C39H31FN2O2/c1-44-38(43)36-25-20-29(26-37(36)30-21-23-34(40)24-22-30)12-11-19-35-27-41-28-42(35)39(31-13-5-2-6-14-31,32-15-7-3-8-16-32)33-17-9-4-10-18-33/h2-18,20-28H,19H2,1H3/b12-11+. The second-order valence-electron chi connectivity index (χ2n) is 10.5. The van der Waals surface area contributed by atoms with Crippen LogP contribution in [0, 0.1) is 5.82 Å². The van der Waals surface area contributed by atoms with Crippen LogP contribution in [-0.4, -0.2) is 22.6 Å². The highest BCUT2D eigenvalue weighted by Gasteiger charge is 2.39. The highest BCUT2D eigenvalue weighted by Crippen LogP contribution is 2.41. The molecule has 44 heavy (non-hydrogen) atoms. The van der Waals surface area contributed by atoms with Gasteiger partial charge in [-0.25, -0.2) is 14.2 Å². The molecule has 0 aliphatic carbocycles. The Labute approximate surface area is 256 Å². The SMILES string of the molecule is COC(=O)c1ccc(/C=C/Cc2cncn2C(c2ccccc2)(c2ccccc2)c2ccccc2)cc1-c1ccc(F)cc1. The van der Waals surface area contributed by atoms with Crippen LogP contribution < -0.4 is 0 Å². The van der Waals surface area contributed by atoms with E-state index >= 15 is 0 Å². The molecule has 0 aliphatic heterocycles. The Hall–Kier alpha value is -5.55. The van der Waals surface area contributed by atoms with Crippen LogP contribution in [0.5, 0.6) is 0 Å². The number of carbonyl (C=O) groups is 1. The highest BCUT2D eigenvalue weighted by molar-refractivity contribution is 5.97. The fourth-order valence-electron chi connectivity index (χ4n) is 5.87. The van der Waals surface area contributed by atoms with Crippen LogP contribution in [0.4, 0.5) is 4.39 Å². The van der Waals surface area contributed by atoms with Crippen molar-refractivity contribution in [2.24, 2.45) is 0 Å². The number of benzene rings is 5. The van der Waals surface area contributed by atoms with E-state index < -0.39 is 11.5 Å². The van der Waals surface area contributed by atoms with Gasteiger partial charge in [0, 0.05) is 18.3 Å². The van der Waals surface area contributed by atoms with Crippen molar-refractivity contribution in [1.82, 2.24) is 9.55 Å². The van der Waals surface area contributed by atoms with Crippen LogP contribution in [0.3, 0.4) is 0 Å². The summed E-state index contributed by atoms with van der Waals surface area (Å²) in [5, 5.41) is 0. The van der Waals surface area contributed by atoms with Gasteiger partial charge in [-0.05, 0) is 57.6 Å². The van der Waals surface area contributed by atoms with Crippen molar-refractivity contribution in [3.63, 3.8) is 0 Å². The third-order valence-electron chi connectivity index (χ3n) is 7.89. The number of esters is 1. The maximum absolute atomic E-state index is 13.6. The molecular formula is C39H31FN2O2. The second kappa shape index (κ2) is 12.8. The minimum atomic E-state index is -0.651. The van der Waals surface area contributed by atoms with Crippen LogP contribution in [-0.2, 0) is 16.7 Å². The Morgan fingerprint density at radius 3 is 1.91 bits per heavy atom. The number of allylic oxidation sites excluding steroid dienone is 1. The lowest BCUT2D eigenvalue weighted by Gasteiger charge is -2.38. The van der Waals surface area contributed by atoms with E-state index in [2.05, 4.69) is 88.4 Å². The minimum absolute atomic E-state index is 0.335. The first kappa shape index (κ1) is 28.6. The molecule has 0 bridgehead atoms. The molecule has 1 heterocycles. The van der Waals surface area contributed by atoms with Crippen molar-refractivity contribution in [2.75, 3.05) is 7.11 Å². The maximum Gasteiger partial charge on any atom is 0.338 e. The Kier molecular flexibility index (Phi) is 8.28. The third-order valence-corrected chi connectivity index (χ3v) is 7.89. The number of aromatic nitrogens is 2. The summed E-state index contributed by atoms with van der Waals surface area (Å²) in [7, 11) is 1.36. The molecule has 0 spiro atoms. The molecule has 0 aliphatic rings. The maximum atomic E-state index is 13.6. The van der Waals surface area contributed by atoms with E-state index in [9.17, 15) is 9.18 Å². The Balaban J connectivity index is 1.42. The topological polar surface area (TPSA) is 44.1 Å². The van der Waals surface area contributed by atoms with E-state index in [0.29, 0.717) is 17.5 Å². The molecule has 0 saturated heterocycles. The molecular weight excluding hydrogens is 547 g/mol. The fourth-order valence-corrected chi connectivity index (χ4v) is 5.87. The molecule has 0 saturated carbocycles. The summed E-state index contributed by atoms with van der Waals surface area (Å²) in [4.78, 5) is 17.2. The van der Waals surface area contributed by atoms with Gasteiger partial charge in [-0.3, -0.25) is 0 Å². The van der Waals surface area contributed by atoms with Gasteiger partial charge in [0.05, 0.1) is 19.0 Å². The summed E-state index contributed by atoms with van der Waals surface area (Å²) >= 11 is 0. The zero-order valence-corrected chi connectivity index (χ0v) is 24.3. The monoisotopic (exact) mass is 578 g/mol. The van der Waals surface area contributed by atoms with Gasteiger partial charge in [0.15, 0.2) is 0 Å². The van der Waals surface area contributed by atoms with E-state index in [1.54, 1.807) is 18.2 Å². The van der Waals surface area contributed by atoms with Gasteiger partial charge in [-0.15, -0.1) is 0 Å². The van der Waals surface area contributed by atoms with E-state index in [1.165, 1.54) is 19.2 Å².